The van der Waals surface area contributed by atoms with Crippen LogP contribution in [-0.4, -0.2) is 68.9 Å². The molecule has 3 aromatic rings. The number of hydrogen-bond donors (Lipinski definition) is 1. The van der Waals surface area contributed by atoms with Crippen molar-refractivity contribution in [3.63, 3.8) is 0 Å². The van der Waals surface area contributed by atoms with E-state index in [2.05, 4.69) is 60.1 Å². The van der Waals surface area contributed by atoms with Crippen molar-refractivity contribution in [2.45, 2.75) is 18.6 Å². The predicted molar refractivity (Wildman–Crippen MR) is 121 cm³/mol. The van der Waals surface area contributed by atoms with Crippen LogP contribution in [0.2, 0.25) is 0 Å². The van der Waals surface area contributed by atoms with E-state index < -0.39 is 17.2 Å². The standard InChI is InChI=1S/C23H26BrF2N5O/c24-19-3-1-18(2-4-19)7-8-29-9-11-30(12-10-29)14-23(32,15-31-17-27-16-28-31)21-6-5-20(25)13-22(21)26/h1-6,13,16-17,32H,7-12,14-15H2. The Hall–Kier alpha value is -2.20. The van der Waals surface area contributed by atoms with Crippen LogP contribution >= 0.6 is 15.9 Å². The highest BCUT2D eigenvalue weighted by Crippen LogP contribution is 2.28. The molecule has 1 aromatic heterocycles. The molecule has 2 aromatic carbocycles. The smallest absolute Gasteiger partial charge is 0.137 e. The first-order chi connectivity index (χ1) is 15.4. The summed E-state index contributed by atoms with van der Waals surface area (Å²) in [7, 11) is 0. The number of β-amino-alcohol motifs (C(OH)–C–C–N with tert-alkyl or cyclic N) is 1. The maximum absolute atomic E-state index is 14.6. The average Bonchev–Trinajstić information content (AvgIpc) is 3.27. The van der Waals surface area contributed by atoms with Crippen LogP contribution in [0, 0.1) is 11.6 Å². The van der Waals surface area contributed by atoms with Crippen LogP contribution in [0.5, 0.6) is 0 Å². The van der Waals surface area contributed by atoms with Crippen molar-refractivity contribution in [2.24, 2.45) is 0 Å². The Morgan fingerprint density at radius 2 is 1.69 bits per heavy atom. The summed E-state index contributed by atoms with van der Waals surface area (Å²) in [6, 6.07) is 11.7. The molecule has 0 radical (unpaired) electrons. The van der Waals surface area contributed by atoms with Gasteiger partial charge in [0, 0.05) is 55.4 Å². The van der Waals surface area contributed by atoms with Crippen molar-refractivity contribution in [2.75, 3.05) is 39.3 Å². The molecular weight excluding hydrogens is 480 g/mol. The summed E-state index contributed by atoms with van der Waals surface area (Å²) in [5, 5.41) is 15.6. The van der Waals surface area contributed by atoms with Crippen molar-refractivity contribution < 1.29 is 13.9 Å². The molecule has 1 fully saturated rings. The predicted octanol–water partition coefficient (Wildman–Crippen LogP) is 3.07. The fraction of sp³-hybridized carbons (Fsp3) is 0.391. The number of piperazine rings is 1. The Bertz CT molecular complexity index is 1010. The van der Waals surface area contributed by atoms with Gasteiger partial charge in [0.05, 0.1) is 6.54 Å². The highest BCUT2D eigenvalue weighted by atomic mass is 79.9. The number of hydrogen-bond acceptors (Lipinski definition) is 5. The van der Waals surface area contributed by atoms with Crippen LogP contribution in [-0.2, 0) is 18.6 Å². The molecule has 1 N–H and O–H groups in total. The lowest BCUT2D eigenvalue weighted by atomic mass is 9.92. The molecule has 0 saturated carbocycles. The van der Waals surface area contributed by atoms with Gasteiger partial charge in [-0.2, -0.15) is 5.10 Å². The third-order valence-electron chi connectivity index (χ3n) is 5.90. The molecule has 9 heteroatoms. The van der Waals surface area contributed by atoms with Gasteiger partial charge in [-0.05, 0) is 30.2 Å². The minimum atomic E-state index is -1.56. The number of halogens is 3. The summed E-state index contributed by atoms with van der Waals surface area (Å²) in [6.45, 7) is 4.44. The molecule has 32 heavy (non-hydrogen) atoms. The van der Waals surface area contributed by atoms with Crippen LogP contribution in [0.4, 0.5) is 8.78 Å². The van der Waals surface area contributed by atoms with Crippen LogP contribution in [0.15, 0.2) is 59.6 Å². The molecular formula is C23H26BrF2N5O. The third-order valence-corrected chi connectivity index (χ3v) is 6.43. The van der Waals surface area contributed by atoms with Gasteiger partial charge in [0.25, 0.3) is 0 Å². The van der Waals surface area contributed by atoms with Gasteiger partial charge in [-0.15, -0.1) is 0 Å². The van der Waals surface area contributed by atoms with Gasteiger partial charge in [-0.25, -0.2) is 18.4 Å². The molecule has 170 valence electrons. The summed E-state index contributed by atoms with van der Waals surface area (Å²) in [4.78, 5) is 8.42. The fourth-order valence-electron chi connectivity index (χ4n) is 4.15. The van der Waals surface area contributed by atoms with Crippen molar-refractivity contribution in [3.8, 4) is 0 Å². The van der Waals surface area contributed by atoms with Gasteiger partial charge in [-0.3, -0.25) is 4.90 Å². The zero-order chi connectivity index (χ0) is 22.6. The van der Waals surface area contributed by atoms with Crippen molar-refractivity contribution in [3.05, 3.63) is 82.4 Å². The Balaban J connectivity index is 1.39. The topological polar surface area (TPSA) is 57.4 Å². The normalized spacial score (nSPS) is 17.4. The number of rotatable bonds is 8. The average molecular weight is 506 g/mol. The molecule has 0 spiro atoms. The van der Waals surface area contributed by atoms with Gasteiger partial charge in [0.15, 0.2) is 0 Å². The summed E-state index contributed by atoms with van der Waals surface area (Å²) in [6.07, 6.45) is 3.82. The first kappa shape index (κ1) is 23.0. The second-order valence-corrected chi connectivity index (χ2v) is 9.16. The van der Waals surface area contributed by atoms with E-state index in [1.165, 1.54) is 35.0 Å². The molecule has 1 unspecified atom stereocenters. The number of benzene rings is 2. The Labute approximate surface area is 194 Å². The molecule has 0 amide bonds. The zero-order valence-electron chi connectivity index (χ0n) is 17.7. The van der Waals surface area contributed by atoms with Crippen molar-refractivity contribution in [1.29, 1.82) is 0 Å². The van der Waals surface area contributed by atoms with Crippen molar-refractivity contribution in [1.82, 2.24) is 24.6 Å². The highest BCUT2D eigenvalue weighted by Gasteiger charge is 2.36. The summed E-state index contributed by atoms with van der Waals surface area (Å²) in [5.74, 6) is -1.44. The Kier molecular flexibility index (Phi) is 7.30. The minimum absolute atomic E-state index is 0.0271. The van der Waals surface area contributed by atoms with E-state index in [1.807, 2.05) is 0 Å². The largest absolute Gasteiger partial charge is 0.382 e. The summed E-state index contributed by atoms with van der Waals surface area (Å²) < 4.78 is 30.6. The van der Waals surface area contributed by atoms with E-state index in [4.69, 9.17) is 0 Å². The van der Waals surface area contributed by atoms with E-state index in [9.17, 15) is 13.9 Å². The van der Waals surface area contributed by atoms with E-state index in [0.29, 0.717) is 0 Å². The lowest BCUT2D eigenvalue weighted by molar-refractivity contribution is -0.0317. The fourth-order valence-corrected chi connectivity index (χ4v) is 4.41. The molecule has 6 nitrogen and oxygen atoms in total. The van der Waals surface area contributed by atoms with Gasteiger partial charge < -0.3 is 10.0 Å². The minimum Gasteiger partial charge on any atom is -0.382 e. The first-order valence-corrected chi connectivity index (χ1v) is 11.4. The van der Waals surface area contributed by atoms with Gasteiger partial charge in [-0.1, -0.05) is 34.1 Å². The monoisotopic (exact) mass is 505 g/mol. The van der Waals surface area contributed by atoms with Gasteiger partial charge in [0.2, 0.25) is 0 Å². The van der Waals surface area contributed by atoms with Crippen molar-refractivity contribution >= 4 is 15.9 Å². The summed E-state index contributed by atoms with van der Waals surface area (Å²) in [5.41, 5.74) is -0.206. The highest BCUT2D eigenvalue weighted by molar-refractivity contribution is 9.10. The lowest BCUT2D eigenvalue weighted by Gasteiger charge is -2.39. The maximum Gasteiger partial charge on any atom is 0.137 e. The molecule has 0 bridgehead atoms. The summed E-state index contributed by atoms with van der Waals surface area (Å²) >= 11 is 3.46. The van der Waals surface area contributed by atoms with Crippen LogP contribution in [0.3, 0.4) is 0 Å². The zero-order valence-corrected chi connectivity index (χ0v) is 19.3. The molecule has 1 atom stereocenters. The molecule has 4 rings (SSSR count). The molecule has 1 aliphatic heterocycles. The Morgan fingerprint density at radius 1 is 0.969 bits per heavy atom. The quantitative estimate of drug-likeness (QED) is 0.509. The molecule has 0 aliphatic carbocycles. The van der Waals surface area contributed by atoms with Gasteiger partial charge in [0.1, 0.15) is 29.9 Å². The Morgan fingerprint density at radius 3 is 2.34 bits per heavy atom. The number of nitrogens with zero attached hydrogens (tertiary/aromatic N) is 5. The second kappa shape index (κ2) is 10.2. The van der Waals surface area contributed by atoms with E-state index in [0.717, 1.165) is 49.7 Å². The maximum atomic E-state index is 14.6. The second-order valence-electron chi connectivity index (χ2n) is 8.24. The van der Waals surface area contributed by atoms with Gasteiger partial charge >= 0.3 is 0 Å². The molecule has 1 aliphatic rings. The van der Waals surface area contributed by atoms with E-state index in [1.54, 1.807) is 0 Å². The van der Waals surface area contributed by atoms with Crippen LogP contribution in [0.25, 0.3) is 0 Å². The SMILES string of the molecule is OC(CN1CCN(CCc2ccc(Br)cc2)CC1)(Cn1cncn1)c1ccc(F)cc1F. The molecule has 1 saturated heterocycles. The van der Waals surface area contributed by atoms with Crippen LogP contribution in [0.1, 0.15) is 11.1 Å². The number of aliphatic hydroxyl groups is 1. The van der Waals surface area contributed by atoms with E-state index in [-0.39, 0.29) is 18.7 Å². The number of aromatic nitrogens is 3. The van der Waals surface area contributed by atoms with Crippen LogP contribution < -0.4 is 0 Å². The molecule has 2 heterocycles. The lowest BCUT2D eigenvalue weighted by Crippen LogP contribution is -2.52. The third kappa shape index (κ3) is 5.78. The first-order valence-electron chi connectivity index (χ1n) is 10.6. The van der Waals surface area contributed by atoms with E-state index >= 15 is 0 Å².